The predicted molar refractivity (Wildman–Crippen MR) is 222 cm³/mol. The van der Waals surface area contributed by atoms with Gasteiger partial charge >= 0.3 is 11.9 Å². The number of carboxylic acid groups (broad SMARTS) is 1. The van der Waals surface area contributed by atoms with Gasteiger partial charge in [0.15, 0.2) is 17.4 Å². The highest BCUT2D eigenvalue weighted by atomic mass is 19.1. The number of aliphatic carboxylic acids is 1. The molecule has 2 aromatic heterocycles. The fourth-order valence-corrected chi connectivity index (χ4v) is 13.8. The van der Waals surface area contributed by atoms with Crippen molar-refractivity contribution in [2.75, 3.05) is 20.6 Å². The fourth-order valence-electron chi connectivity index (χ4n) is 13.8. The number of nitrogens with zero attached hydrogens (tertiary/aromatic N) is 5. The maximum absolute atomic E-state index is 14.4. The molecule has 2 N–H and O–H groups in total. The molecule has 324 valence electrons. The Labute approximate surface area is 350 Å². The van der Waals surface area contributed by atoms with Crippen molar-refractivity contribution in [3.8, 4) is 11.5 Å². The SMILES string of the molecule is CC(C)C1=C2[C@H]3CC[C@@H]4[C@@]5(C)CC[C@H](OC(=O)CC(C)(C)C(=O)O)C(C)(C)[C@@H]5CC[C@@]4(C)[C@]3(C)CC[C@@]2(C(O)c2nnc(-c3ccc(F)cn3)n2CCN(C)C)CC1=O. The summed E-state index contributed by atoms with van der Waals surface area (Å²) >= 11 is 0. The molecule has 0 spiro atoms. The van der Waals surface area contributed by atoms with Crippen molar-refractivity contribution in [3.05, 3.63) is 41.1 Å². The molecule has 9 atom stereocenters. The van der Waals surface area contributed by atoms with E-state index in [1.54, 1.807) is 19.9 Å². The van der Waals surface area contributed by atoms with Crippen LogP contribution in [0.4, 0.5) is 4.39 Å². The fraction of sp³-hybridized carbons (Fsp3) is 0.745. The lowest BCUT2D eigenvalue weighted by Gasteiger charge is -2.72. The van der Waals surface area contributed by atoms with Crippen LogP contribution in [0.1, 0.15) is 138 Å². The number of hydrogen-bond acceptors (Lipinski definition) is 9. The van der Waals surface area contributed by atoms with E-state index in [1.165, 1.54) is 12.3 Å². The number of pyridine rings is 1. The zero-order chi connectivity index (χ0) is 43.2. The summed E-state index contributed by atoms with van der Waals surface area (Å²) in [6.45, 7) is 20.5. The van der Waals surface area contributed by atoms with Gasteiger partial charge in [0.2, 0.25) is 0 Å². The lowest BCUT2D eigenvalue weighted by molar-refractivity contribution is -0.235. The van der Waals surface area contributed by atoms with Crippen molar-refractivity contribution in [2.24, 2.45) is 56.2 Å². The normalized spacial score (nSPS) is 34.6. The van der Waals surface area contributed by atoms with Crippen LogP contribution < -0.4 is 0 Å². The summed E-state index contributed by atoms with van der Waals surface area (Å²) in [6, 6.07) is 2.94. The number of esters is 1. The van der Waals surface area contributed by atoms with E-state index in [-0.39, 0.29) is 58.2 Å². The van der Waals surface area contributed by atoms with E-state index in [0.29, 0.717) is 48.7 Å². The molecular weight excluding hydrogens is 750 g/mol. The van der Waals surface area contributed by atoms with Gasteiger partial charge in [0.25, 0.3) is 0 Å². The van der Waals surface area contributed by atoms with Crippen LogP contribution >= 0.6 is 0 Å². The van der Waals surface area contributed by atoms with Gasteiger partial charge in [-0.15, -0.1) is 10.2 Å². The van der Waals surface area contributed by atoms with Crippen molar-refractivity contribution in [1.82, 2.24) is 24.6 Å². The second kappa shape index (κ2) is 14.8. The molecule has 0 amide bonds. The number of ketones is 1. The second-order valence-electron chi connectivity index (χ2n) is 21.7. The topological polar surface area (TPSA) is 148 Å². The minimum atomic E-state index is -1.19. The summed E-state index contributed by atoms with van der Waals surface area (Å²) < 4.78 is 22.1. The van der Waals surface area contributed by atoms with Crippen molar-refractivity contribution in [2.45, 2.75) is 145 Å². The van der Waals surface area contributed by atoms with E-state index in [0.717, 1.165) is 56.1 Å². The lowest BCUT2D eigenvalue weighted by Crippen LogP contribution is -2.66. The van der Waals surface area contributed by atoms with Gasteiger partial charge in [-0.3, -0.25) is 14.4 Å². The van der Waals surface area contributed by atoms with E-state index in [9.17, 15) is 29.0 Å². The van der Waals surface area contributed by atoms with Gasteiger partial charge in [-0.05, 0) is 143 Å². The minimum Gasteiger partial charge on any atom is -0.481 e. The van der Waals surface area contributed by atoms with Crippen molar-refractivity contribution >= 4 is 17.7 Å². The quantitative estimate of drug-likeness (QED) is 0.212. The first kappa shape index (κ1) is 43.6. The molecule has 0 saturated heterocycles. The van der Waals surface area contributed by atoms with Crippen LogP contribution in [-0.2, 0) is 25.7 Å². The standard InChI is InChI=1S/C47H68FN5O6/c1-27(2)36-31(54)24-47(38(56)40-51-50-39(53(40)23-22-52(10)11)30-14-12-28(48)26-49-30)21-20-45(8)29(37(36)47)13-15-33-44(7)18-17-34(59-35(55)25-42(3,4)41(57)58)43(5,6)32(44)16-19-46(33,45)9/h12,14,26-27,29,32-34,38,56H,13,15-25H2,1-11H3,(H,57,58)/t29-,32+,33-,34+,38?,44+,45-,46-,47-/m1/s1. The summed E-state index contributed by atoms with van der Waals surface area (Å²) in [5, 5.41) is 31.8. The van der Waals surface area contributed by atoms with Crippen LogP contribution in [-0.4, -0.2) is 79.3 Å². The number of ether oxygens (including phenoxy) is 1. The molecule has 7 rings (SSSR count). The molecule has 5 aliphatic rings. The van der Waals surface area contributed by atoms with Crippen LogP contribution in [0.3, 0.4) is 0 Å². The number of aliphatic hydroxyl groups excluding tert-OH is 1. The maximum Gasteiger partial charge on any atom is 0.309 e. The molecule has 2 aromatic rings. The van der Waals surface area contributed by atoms with Gasteiger partial charge in [0.05, 0.1) is 18.0 Å². The number of likely N-dealkylation sites (N-methyl/N-ethyl adjacent to an activating group) is 1. The van der Waals surface area contributed by atoms with Crippen LogP contribution in [0.25, 0.3) is 11.5 Å². The first-order valence-corrected chi connectivity index (χ1v) is 22.0. The summed E-state index contributed by atoms with van der Waals surface area (Å²) in [5.41, 5.74) is 0.0159. The third-order valence-electron chi connectivity index (χ3n) is 17.1. The number of halogens is 1. The average molecular weight is 818 g/mol. The molecule has 2 heterocycles. The van der Waals surface area contributed by atoms with Gasteiger partial charge in [-0.25, -0.2) is 9.37 Å². The Balaban J connectivity index is 1.23. The third kappa shape index (κ3) is 6.72. The number of carbonyl (C=O) groups excluding carboxylic acids is 2. The molecule has 0 radical (unpaired) electrons. The number of aromatic nitrogens is 4. The first-order chi connectivity index (χ1) is 27.4. The highest BCUT2D eigenvalue weighted by molar-refractivity contribution is 6.00. The molecular formula is C47H68FN5O6. The third-order valence-corrected chi connectivity index (χ3v) is 17.1. The monoisotopic (exact) mass is 818 g/mol. The van der Waals surface area contributed by atoms with E-state index in [1.807, 2.05) is 18.7 Å². The molecule has 0 aliphatic heterocycles. The van der Waals surface area contributed by atoms with Crippen molar-refractivity contribution < 1.29 is 33.7 Å². The Morgan fingerprint density at radius 1 is 0.983 bits per heavy atom. The summed E-state index contributed by atoms with van der Waals surface area (Å²) in [4.78, 5) is 45.8. The molecule has 5 aliphatic carbocycles. The average Bonchev–Trinajstić information content (AvgIpc) is 3.70. The number of fused-ring (bicyclic) bond motifs is 7. The zero-order valence-corrected chi connectivity index (χ0v) is 37.3. The van der Waals surface area contributed by atoms with Gasteiger partial charge < -0.3 is 24.4 Å². The molecule has 4 saturated carbocycles. The largest absolute Gasteiger partial charge is 0.481 e. The highest BCUT2D eigenvalue weighted by Gasteiger charge is 2.71. The molecule has 0 bridgehead atoms. The Kier molecular flexibility index (Phi) is 11.0. The number of carboxylic acids is 1. The van der Waals surface area contributed by atoms with Crippen LogP contribution in [0, 0.1) is 62.0 Å². The van der Waals surface area contributed by atoms with Gasteiger partial charge in [-0.2, -0.15) is 0 Å². The van der Waals surface area contributed by atoms with Crippen molar-refractivity contribution in [3.63, 3.8) is 0 Å². The molecule has 1 unspecified atom stereocenters. The van der Waals surface area contributed by atoms with E-state index < -0.39 is 34.7 Å². The highest BCUT2D eigenvalue weighted by Crippen LogP contribution is 2.77. The maximum atomic E-state index is 14.4. The van der Waals surface area contributed by atoms with Crippen molar-refractivity contribution in [1.29, 1.82) is 0 Å². The van der Waals surface area contributed by atoms with Gasteiger partial charge in [0.1, 0.15) is 23.7 Å². The van der Waals surface area contributed by atoms with Crippen LogP contribution in [0.2, 0.25) is 0 Å². The lowest BCUT2D eigenvalue weighted by atomic mass is 9.33. The molecule has 4 fully saturated rings. The molecule has 59 heavy (non-hydrogen) atoms. The number of Topliss-reactive ketones (excluding diaryl/α,β-unsaturated/α-hetero) is 1. The molecule has 12 heteroatoms. The Morgan fingerprint density at radius 3 is 2.32 bits per heavy atom. The smallest absolute Gasteiger partial charge is 0.309 e. The van der Waals surface area contributed by atoms with E-state index >= 15 is 0 Å². The second-order valence-corrected chi connectivity index (χ2v) is 21.7. The van der Waals surface area contributed by atoms with E-state index in [2.05, 4.69) is 68.5 Å². The first-order valence-electron chi connectivity index (χ1n) is 22.0. The van der Waals surface area contributed by atoms with Crippen LogP contribution in [0.5, 0.6) is 0 Å². The zero-order valence-electron chi connectivity index (χ0n) is 37.3. The number of hydrogen-bond donors (Lipinski definition) is 2. The number of rotatable bonds is 11. The van der Waals surface area contributed by atoms with E-state index in [4.69, 9.17) is 4.74 Å². The summed E-state index contributed by atoms with van der Waals surface area (Å²) in [5.74, 6) is -0.0540. The number of aliphatic hydroxyl groups is 1. The Hall–Kier alpha value is -3.51. The Bertz CT molecular complexity index is 2020. The summed E-state index contributed by atoms with van der Waals surface area (Å²) in [6.07, 6.45) is 7.01. The molecule has 11 nitrogen and oxygen atoms in total. The van der Waals surface area contributed by atoms with Gasteiger partial charge in [0, 0.05) is 30.3 Å². The number of allylic oxidation sites excluding steroid dienone is 1. The number of carbonyl (C=O) groups is 3. The van der Waals surface area contributed by atoms with Gasteiger partial charge in [-0.1, -0.05) is 48.5 Å². The van der Waals surface area contributed by atoms with Crippen LogP contribution in [0.15, 0.2) is 29.5 Å². The Morgan fingerprint density at radius 2 is 1.69 bits per heavy atom. The summed E-state index contributed by atoms with van der Waals surface area (Å²) in [7, 11) is 3.97. The molecule has 0 aromatic carbocycles. The predicted octanol–water partition coefficient (Wildman–Crippen LogP) is 8.47. The minimum absolute atomic E-state index is 0.00171.